The van der Waals surface area contributed by atoms with Gasteiger partial charge in [0.1, 0.15) is 5.69 Å². The first-order chi connectivity index (χ1) is 14.5. The van der Waals surface area contributed by atoms with E-state index in [1.165, 1.54) is 12.8 Å². The average molecular weight is 401 g/mol. The molecule has 4 aromatic rings. The van der Waals surface area contributed by atoms with Gasteiger partial charge in [-0.1, -0.05) is 0 Å². The van der Waals surface area contributed by atoms with Crippen LogP contribution in [0.3, 0.4) is 0 Å². The molecule has 152 valence electrons. The molecule has 2 aliphatic rings. The van der Waals surface area contributed by atoms with Crippen molar-refractivity contribution in [1.29, 1.82) is 0 Å². The van der Waals surface area contributed by atoms with Gasteiger partial charge < -0.3 is 9.88 Å². The van der Waals surface area contributed by atoms with E-state index in [0.717, 1.165) is 36.3 Å². The fraction of sp³-hybridized carbons (Fsp3) is 0.409. The van der Waals surface area contributed by atoms with Crippen molar-refractivity contribution in [2.45, 2.75) is 51.1 Å². The molecule has 0 radical (unpaired) electrons. The molecule has 1 N–H and O–H groups in total. The van der Waals surface area contributed by atoms with Gasteiger partial charge in [-0.2, -0.15) is 5.10 Å². The van der Waals surface area contributed by atoms with Crippen LogP contribution in [0.25, 0.3) is 28.1 Å². The third-order valence-corrected chi connectivity index (χ3v) is 6.49. The molecule has 1 aliphatic heterocycles. The maximum absolute atomic E-state index is 13.2. The number of nitrogens with zero attached hydrogens (tertiary/aromatic N) is 6. The number of piperidine rings is 1. The van der Waals surface area contributed by atoms with Crippen molar-refractivity contribution in [2.24, 2.45) is 0 Å². The Bertz CT molecular complexity index is 1370. The van der Waals surface area contributed by atoms with E-state index in [4.69, 9.17) is 0 Å². The molecule has 8 nitrogen and oxygen atoms in total. The number of imidazole rings is 1. The van der Waals surface area contributed by atoms with Crippen LogP contribution in [0.2, 0.25) is 0 Å². The van der Waals surface area contributed by atoms with Crippen LogP contribution in [0.4, 0.5) is 0 Å². The zero-order valence-electron chi connectivity index (χ0n) is 17.1. The summed E-state index contributed by atoms with van der Waals surface area (Å²) in [6, 6.07) is 4.10. The third-order valence-electron chi connectivity index (χ3n) is 6.49. The highest BCUT2D eigenvalue weighted by Crippen LogP contribution is 2.45. The second kappa shape index (κ2) is 6.18. The standard InChI is InChI=1S/C22H23N7O/c1-13-9-18(27-29-12-14(2)25-20(13)29)19-23-11-16-17(26-19)4-8-28(21(16)30)15-3-7-24-22(10-15)5-6-22/h4,8-9,11-12,15,24H,3,5-7,10H2,1-2H3. The van der Waals surface area contributed by atoms with Gasteiger partial charge in [0.2, 0.25) is 0 Å². The van der Waals surface area contributed by atoms with Gasteiger partial charge in [-0.05, 0) is 63.8 Å². The Labute approximate surface area is 173 Å². The molecule has 30 heavy (non-hydrogen) atoms. The van der Waals surface area contributed by atoms with Crippen molar-refractivity contribution in [3.05, 3.63) is 52.3 Å². The second-order valence-electron chi connectivity index (χ2n) is 8.74. The lowest BCUT2D eigenvalue weighted by molar-refractivity contribution is 0.282. The van der Waals surface area contributed by atoms with E-state index in [1.807, 2.05) is 42.9 Å². The first-order valence-corrected chi connectivity index (χ1v) is 10.5. The molecule has 8 heteroatoms. The van der Waals surface area contributed by atoms with E-state index in [1.54, 1.807) is 10.7 Å². The van der Waals surface area contributed by atoms with Crippen LogP contribution in [0.5, 0.6) is 0 Å². The minimum absolute atomic E-state index is 0.00780. The minimum Gasteiger partial charge on any atom is -0.312 e. The van der Waals surface area contributed by atoms with Crippen LogP contribution in [-0.2, 0) is 0 Å². The Morgan fingerprint density at radius 2 is 2.10 bits per heavy atom. The van der Waals surface area contributed by atoms with E-state index >= 15 is 0 Å². The summed E-state index contributed by atoms with van der Waals surface area (Å²) < 4.78 is 3.64. The maximum Gasteiger partial charge on any atom is 0.261 e. The molecular formula is C22H23N7O. The quantitative estimate of drug-likeness (QED) is 0.555. The summed E-state index contributed by atoms with van der Waals surface area (Å²) in [5.41, 5.74) is 4.32. The van der Waals surface area contributed by atoms with Crippen molar-refractivity contribution in [3.8, 4) is 11.5 Å². The highest BCUT2D eigenvalue weighted by atomic mass is 16.1. The average Bonchev–Trinajstić information content (AvgIpc) is 3.35. The Morgan fingerprint density at radius 3 is 2.93 bits per heavy atom. The van der Waals surface area contributed by atoms with Crippen LogP contribution in [0, 0.1) is 13.8 Å². The van der Waals surface area contributed by atoms with E-state index < -0.39 is 0 Å². The minimum atomic E-state index is -0.00780. The van der Waals surface area contributed by atoms with Gasteiger partial charge in [0.25, 0.3) is 5.56 Å². The summed E-state index contributed by atoms with van der Waals surface area (Å²) in [5, 5.41) is 8.78. The fourth-order valence-corrected chi connectivity index (χ4v) is 4.71. The molecule has 4 aromatic heterocycles. The lowest BCUT2D eigenvalue weighted by Gasteiger charge is -2.31. The number of hydrogen-bond acceptors (Lipinski definition) is 6. The largest absolute Gasteiger partial charge is 0.312 e. The van der Waals surface area contributed by atoms with Crippen LogP contribution in [0.1, 0.15) is 43.0 Å². The molecule has 0 aromatic carbocycles. The van der Waals surface area contributed by atoms with Gasteiger partial charge in [0.15, 0.2) is 11.5 Å². The summed E-state index contributed by atoms with van der Waals surface area (Å²) in [6.45, 7) is 4.91. The van der Waals surface area contributed by atoms with Crippen molar-refractivity contribution in [2.75, 3.05) is 6.54 Å². The topological polar surface area (TPSA) is 90.0 Å². The molecule has 1 saturated heterocycles. The lowest BCUT2D eigenvalue weighted by atomic mass is 9.97. The molecule has 1 unspecified atom stereocenters. The number of rotatable bonds is 2. The Kier molecular flexibility index (Phi) is 3.65. The molecule has 6 rings (SSSR count). The lowest BCUT2D eigenvalue weighted by Crippen LogP contribution is -2.42. The monoisotopic (exact) mass is 401 g/mol. The van der Waals surface area contributed by atoms with Crippen LogP contribution in [-0.4, -0.2) is 41.2 Å². The van der Waals surface area contributed by atoms with Crippen molar-refractivity contribution in [3.63, 3.8) is 0 Å². The van der Waals surface area contributed by atoms with E-state index in [0.29, 0.717) is 22.4 Å². The SMILES string of the molecule is Cc1cn2nc(-c3ncc4c(=O)n(C5CCNC6(CC6)C5)ccc4n3)cc(C)c2n1. The number of aryl methyl sites for hydroxylation is 2. The molecule has 5 heterocycles. The van der Waals surface area contributed by atoms with Crippen LogP contribution < -0.4 is 10.9 Å². The third kappa shape index (κ3) is 2.74. The van der Waals surface area contributed by atoms with Crippen molar-refractivity contribution < 1.29 is 0 Å². The Morgan fingerprint density at radius 1 is 1.23 bits per heavy atom. The summed E-state index contributed by atoms with van der Waals surface area (Å²) in [5.74, 6) is 0.509. The molecule has 0 bridgehead atoms. The zero-order valence-corrected chi connectivity index (χ0v) is 17.1. The van der Waals surface area contributed by atoms with Gasteiger partial charge in [-0.15, -0.1) is 0 Å². The van der Waals surface area contributed by atoms with Crippen molar-refractivity contribution >= 4 is 16.6 Å². The summed E-state index contributed by atoms with van der Waals surface area (Å²) in [6.07, 6.45) is 9.85. The Balaban J connectivity index is 1.41. The smallest absolute Gasteiger partial charge is 0.261 e. The zero-order chi connectivity index (χ0) is 20.5. The second-order valence-corrected chi connectivity index (χ2v) is 8.74. The summed E-state index contributed by atoms with van der Waals surface area (Å²) in [4.78, 5) is 26.8. The molecule has 1 atom stereocenters. The molecule has 1 spiro atoms. The fourth-order valence-electron chi connectivity index (χ4n) is 4.71. The predicted octanol–water partition coefficient (Wildman–Crippen LogP) is 2.58. The summed E-state index contributed by atoms with van der Waals surface area (Å²) >= 11 is 0. The first kappa shape index (κ1) is 17.7. The number of pyridine rings is 1. The highest BCUT2D eigenvalue weighted by molar-refractivity contribution is 5.78. The molecule has 0 amide bonds. The Hall–Kier alpha value is -3.13. The van der Waals surface area contributed by atoms with Gasteiger partial charge in [0, 0.05) is 24.0 Å². The van der Waals surface area contributed by atoms with Gasteiger partial charge in [-0.25, -0.2) is 19.5 Å². The number of hydrogen-bond donors (Lipinski definition) is 1. The predicted molar refractivity (Wildman–Crippen MR) is 113 cm³/mol. The molecule has 1 aliphatic carbocycles. The van der Waals surface area contributed by atoms with Crippen LogP contribution >= 0.6 is 0 Å². The maximum atomic E-state index is 13.2. The number of nitrogens with one attached hydrogen (secondary N) is 1. The number of fused-ring (bicyclic) bond motifs is 2. The molecule has 1 saturated carbocycles. The van der Waals surface area contributed by atoms with Crippen molar-refractivity contribution in [1.82, 2.24) is 34.4 Å². The first-order valence-electron chi connectivity index (χ1n) is 10.5. The van der Waals surface area contributed by atoms with Gasteiger partial charge in [-0.3, -0.25) is 4.79 Å². The molecular weight excluding hydrogens is 378 g/mol. The molecule has 2 fully saturated rings. The van der Waals surface area contributed by atoms with E-state index in [-0.39, 0.29) is 17.1 Å². The van der Waals surface area contributed by atoms with Crippen LogP contribution in [0.15, 0.2) is 35.5 Å². The van der Waals surface area contributed by atoms with E-state index in [9.17, 15) is 4.79 Å². The van der Waals surface area contributed by atoms with Gasteiger partial charge >= 0.3 is 0 Å². The highest BCUT2D eigenvalue weighted by Gasteiger charge is 2.46. The number of aromatic nitrogens is 6. The van der Waals surface area contributed by atoms with E-state index in [2.05, 4.69) is 25.4 Å². The summed E-state index contributed by atoms with van der Waals surface area (Å²) in [7, 11) is 0. The normalized spacial score (nSPS) is 20.3. The van der Waals surface area contributed by atoms with Gasteiger partial charge in [0.05, 0.1) is 22.8 Å².